The summed E-state index contributed by atoms with van der Waals surface area (Å²) in [4.78, 5) is 0.403. The molecule has 0 aromatic heterocycles. The van der Waals surface area contributed by atoms with Crippen LogP contribution >= 0.6 is 0 Å². The molecular weight excluding hydrogens is 279 g/mol. The molecule has 0 saturated heterocycles. The second-order valence-electron chi connectivity index (χ2n) is 2.62. The molecule has 0 aliphatic heterocycles. The van der Waals surface area contributed by atoms with Crippen LogP contribution in [-0.4, -0.2) is 37.2 Å². The van der Waals surface area contributed by atoms with Gasteiger partial charge in [-0.3, -0.25) is 0 Å². The van der Waals surface area contributed by atoms with E-state index in [9.17, 15) is 8.42 Å². The van der Waals surface area contributed by atoms with Gasteiger partial charge in [-0.25, -0.2) is 0 Å². The molecule has 0 fully saturated rings. The fraction of sp³-hybridized carbons (Fsp3) is 0.250. The molecule has 0 N–H and O–H groups in total. The third kappa shape index (κ3) is 2.48. The Balaban J connectivity index is 3.09. The van der Waals surface area contributed by atoms with Crippen molar-refractivity contribution < 1.29 is 8.42 Å². The normalized spacial score (nSPS) is 11.5. The van der Waals surface area contributed by atoms with Crippen LogP contribution in [0.5, 0.6) is 0 Å². The van der Waals surface area contributed by atoms with Crippen LogP contribution in [0.25, 0.3) is 0 Å². The summed E-state index contributed by atoms with van der Waals surface area (Å²) in [6, 6.07) is 7.09. The molecule has 0 saturated carbocycles. The van der Waals surface area contributed by atoms with Gasteiger partial charge in [0, 0.05) is 0 Å². The topological polar surface area (TPSA) is 34.1 Å². The number of rotatable bonds is 2. The molecule has 0 aliphatic rings. The molecule has 0 spiro atoms. The maximum atomic E-state index is 11.0. The van der Waals surface area contributed by atoms with E-state index in [0.29, 0.717) is 4.90 Å². The second kappa shape index (κ2) is 3.79. The average Bonchev–Trinajstić information content (AvgIpc) is 2.03. The molecule has 1 aromatic carbocycles. The second-order valence-corrected chi connectivity index (χ2v) is 5.80. The predicted molar refractivity (Wildman–Crippen MR) is 50.4 cm³/mol. The molecule has 0 bridgehead atoms. The molecule has 64 valence electrons. The van der Waals surface area contributed by atoms with Crippen molar-refractivity contribution in [3.05, 3.63) is 29.8 Å². The Hall–Kier alpha value is -0.0313. The van der Waals surface area contributed by atoms with E-state index in [-0.39, 0.29) is 0 Å². The molecule has 0 amide bonds. The predicted octanol–water partition coefficient (Wildman–Crippen LogP) is 0.491. The summed E-state index contributed by atoms with van der Waals surface area (Å²) in [6.07, 6.45) is 1.22. The van der Waals surface area contributed by atoms with Crippen LogP contribution in [0.4, 0.5) is 0 Å². The van der Waals surface area contributed by atoms with Crippen molar-refractivity contribution in [1.29, 1.82) is 0 Å². The van der Waals surface area contributed by atoms with Gasteiger partial charge in [-0.2, -0.15) is 0 Å². The van der Waals surface area contributed by atoms with Gasteiger partial charge in [0.25, 0.3) is 0 Å². The standard InChI is InChI=1S/C8H9O2S.Sn.H/c1-7-3-5-8(6-4-7)11(2,9)10;;/h3-6H,1H2,2H3;;. The molecule has 4 heteroatoms. The van der Waals surface area contributed by atoms with Crippen molar-refractivity contribution in [1.82, 2.24) is 0 Å². The minimum absolute atomic E-state index is 0.403. The monoisotopic (exact) mass is 290 g/mol. The van der Waals surface area contributed by atoms with Crippen LogP contribution in [0, 0.1) is 0 Å². The van der Waals surface area contributed by atoms with E-state index >= 15 is 0 Å². The van der Waals surface area contributed by atoms with Gasteiger partial charge in [0.15, 0.2) is 0 Å². The Morgan fingerprint density at radius 3 is 2.08 bits per heavy atom. The van der Waals surface area contributed by atoms with Crippen LogP contribution in [0.1, 0.15) is 5.56 Å². The molecule has 0 atom stereocenters. The first kappa shape index (κ1) is 10.1. The molecule has 0 aliphatic carbocycles. The van der Waals surface area contributed by atoms with Gasteiger partial charge in [-0.1, -0.05) is 0 Å². The molecule has 2 radical (unpaired) electrons. The van der Waals surface area contributed by atoms with E-state index in [2.05, 4.69) is 0 Å². The van der Waals surface area contributed by atoms with Crippen molar-refractivity contribution in [2.24, 2.45) is 0 Å². The molecular formula is C8H10O2SSn. The van der Waals surface area contributed by atoms with Crippen molar-refractivity contribution in [2.45, 2.75) is 9.33 Å². The summed E-state index contributed by atoms with van der Waals surface area (Å²) in [6.45, 7) is 0. The van der Waals surface area contributed by atoms with E-state index < -0.39 is 9.84 Å². The van der Waals surface area contributed by atoms with Gasteiger partial charge in [-0.15, -0.1) is 0 Å². The van der Waals surface area contributed by atoms with Crippen LogP contribution < -0.4 is 0 Å². The zero-order valence-corrected chi connectivity index (χ0v) is 10.9. The Morgan fingerprint density at radius 1 is 1.25 bits per heavy atom. The van der Waals surface area contributed by atoms with Crippen molar-refractivity contribution in [3.63, 3.8) is 0 Å². The number of benzene rings is 1. The molecule has 12 heavy (non-hydrogen) atoms. The van der Waals surface area contributed by atoms with Crippen molar-refractivity contribution >= 4 is 32.4 Å². The van der Waals surface area contributed by atoms with Gasteiger partial charge in [0.2, 0.25) is 0 Å². The summed E-state index contributed by atoms with van der Waals surface area (Å²) in [5, 5.41) is 0. The summed E-state index contributed by atoms with van der Waals surface area (Å²) in [5.41, 5.74) is 1.21. The average molecular weight is 289 g/mol. The van der Waals surface area contributed by atoms with E-state index in [1.165, 1.54) is 34.3 Å². The fourth-order valence-corrected chi connectivity index (χ4v) is 2.28. The van der Waals surface area contributed by atoms with Gasteiger partial charge >= 0.3 is 86.2 Å². The van der Waals surface area contributed by atoms with Gasteiger partial charge in [-0.05, 0) is 0 Å². The molecule has 0 unspecified atom stereocenters. The summed E-state index contributed by atoms with van der Waals surface area (Å²) in [7, 11) is -3.02. The fourth-order valence-electron chi connectivity index (χ4n) is 0.873. The van der Waals surface area contributed by atoms with Crippen molar-refractivity contribution in [3.8, 4) is 0 Å². The van der Waals surface area contributed by atoms with Crippen molar-refractivity contribution in [2.75, 3.05) is 6.26 Å². The molecule has 1 rings (SSSR count). The van der Waals surface area contributed by atoms with Crippen LogP contribution in [0.15, 0.2) is 29.2 Å². The first-order valence-corrected chi connectivity index (χ1v) is 7.75. The third-order valence-corrected chi connectivity index (χ3v) is 4.06. The number of sulfone groups is 1. The Morgan fingerprint density at radius 2 is 1.75 bits per heavy atom. The molecule has 0 heterocycles. The third-order valence-electron chi connectivity index (χ3n) is 1.59. The minimum atomic E-state index is -3.02. The van der Waals surface area contributed by atoms with Gasteiger partial charge < -0.3 is 0 Å². The van der Waals surface area contributed by atoms with Crippen LogP contribution in [-0.2, 0) is 14.3 Å². The summed E-state index contributed by atoms with van der Waals surface area (Å²) in [5.74, 6) is 0. The van der Waals surface area contributed by atoms with E-state index in [1.807, 2.05) is 12.1 Å². The van der Waals surface area contributed by atoms with Crippen LogP contribution in [0.2, 0.25) is 0 Å². The summed E-state index contributed by atoms with van der Waals surface area (Å²) < 4.78 is 23.1. The first-order chi connectivity index (χ1) is 5.54. The summed E-state index contributed by atoms with van der Waals surface area (Å²) >= 11 is 1.17. The quantitative estimate of drug-likeness (QED) is 0.743. The first-order valence-electron chi connectivity index (χ1n) is 3.53. The van der Waals surface area contributed by atoms with Gasteiger partial charge in [0.1, 0.15) is 0 Å². The van der Waals surface area contributed by atoms with E-state index in [4.69, 9.17) is 0 Å². The maximum absolute atomic E-state index is 11.0. The van der Waals surface area contributed by atoms with E-state index in [1.54, 1.807) is 12.1 Å². The van der Waals surface area contributed by atoms with Gasteiger partial charge in [0.05, 0.1) is 0 Å². The number of hydrogen-bond donors (Lipinski definition) is 0. The Labute approximate surface area is 86.0 Å². The Kier molecular flexibility index (Phi) is 3.17. The number of hydrogen-bond acceptors (Lipinski definition) is 2. The Bertz CT molecular complexity index is 353. The van der Waals surface area contributed by atoms with E-state index in [0.717, 1.165) is 4.44 Å². The SMILES string of the molecule is CS(=O)(=O)c1ccc([CH2][SnH])cc1. The molecule has 1 aromatic rings. The van der Waals surface area contributed by atoms with Crippen LogP contribution in [0.3, 0.4) is 0 Å². The molecule has 2 nitrogen and oxygen atoms in total. The zero-order valence-electron chi connectivity index (χ0n) is 6.82. The zero-order chi connectivity index (χ0) is 9.19.